The lowest BCUT2D eigenvalue weighted by Crippen LogP contribution is -2.48. The molecule has 1 fully saturated rings. The molecule has 1 aromatic heterocycles. The molecule has 118 valence electrons. The molecule has 0 aliphatic carbocycles. The molecular weight excluding hydrogens is 266 g/mol. The fourth-order valence-electron chi connectivity index (χ4n) is 2.46. The van der Waals surface area contributed by atoms with Crippen molar-refractivity contribution in [3.05, 3.63) is 11.4 Å². The van der Waals surface area contributed by atoms with E-state index in [9.17, 15) is 0 Å². The van der Waals surface area contributed by atoms with Gasteiger partial charge in [-0.05, 0) is 20.8 Å². The van der Waals surface area contributed by atoms with Crippen molar-refractivity contribution in [2.24, 2.45) is 5.84 Å². The van der Waals surface area contributed by atoms with Crippen molar-refractivity contribution in [1.29, 1.82) is 0 Å². The largest absolute Gasteiger partial charge is 0.375 e. The Morgan fingerprint density at radius 2 is 1.95 bits per heavy atom. The second kappa shape index (κ2) is 5.77. The monoisotopic (exact) mass is 293 g/mol. The summed E-state index contributed by atoms with van der Waals surface area (Å²) >= 11 is 0. The summed E-state index contributed by atoms with van der Waals surface area (Å²) in [4.78, 5) is 11.7. The molecular formula is C15H27N5O. The molecule has 2 rings (SSSR count). The Labute approximate surface area is 127 Å². The van der Waals surface area contributed by atoms with Gasteiger partial charge >= 0.3 is 0 Å². The highest BCUT2D eigenvalue weighted by atomic mass is 16.5. The van der Waals surface area contributed by atoms with Crippen molar-refractivity contribution in [1.82, 2.24) is 9.97 Å². The lowest BCUT2D eigenvalue weighted by Gasteiger charge is -2.39. The lowest BCUT2D eigenvalue weighted by atomic mass is 9.95. The Morgan fingerprint density at radius 1 is 1.29 bits per heavy atom. The number of hydrogen-bond donors (Lipinski definition) is 2. The van der Waals surface area contributed by atoms with Gasteiger partial charge in [0.05, 0.1) is 18.8 Å². The van der Waals surface area contributed by atoms with E-state index >= 15 is 0 Å². The molecule has 6 nitrogen and oxygen atoms in total. The van der Waals surface area contributed by atoms with E-state index in [1.54, 1.807) is 0 Å². The first-order valence-electron chi connectivity index (χ1n) is 7.48. The molecule has 0 radical (unpaired) electrons. The van der Waals surface area contributed by atoms with Gasteiger partial charge in [0.2, 0.25) is 0 Å². The summed E-state index contributed by atoms with van der Waals surface area (Å²) in [6.45, 7) is 14.1. The second-order valence-electron chi connectivity index (χ2n) is 6.88. The van der Waals surface area contributed by atoms with Crippen LogP contribution in [-0.4, -0.2) is 35.3 Å². The molecule has 1 aromatic rings. The molecule has 0 amide bonds. The van der Waals surface area contributed by atoms with Gasteiger partial charge < -0.3 is 15.1 Å². The minimum absolute atomic E-state index is 0.130. The van der Waals surface area contributed by atoms with Gasteiger partial charge in [-0.15, -0.1) is 0 Å². The first-order valence-corrected chi connectivity index (χ1v) is 7.48. The Balaban J connectivity index is 2.51. The van der Waals surface area contributed by atoms with Crippen molar-refractivity contribution >= 4 is 11.6 Å². The van der Waals surface area contributed by atoms with Gasteiger partial charge in [-0.1, -0.05) is 20.8 Å². The third-order valence-corrected chi connectivity index (χ3v) is 3.81. The Bertz CT molecular complexity index is 512. The van der Waals surface area contributed by atoms with Gasteiger partial charge in [0, 0.05) is 17.5 Å². The third kappa shape index (κ3) is 3.27. The van der Waals surface area contributed by atoms with Gasteiger partial charge in [-0.2, -0.15) is 0 Å². The number of nitrogens with two attached hydrogens (primary N) is 1. The highest BCUT2D eigenvalue weighted by Crippen LogP contribution is 2.30. The number of morpholine rings is 1. The van der Waals surface area contributed by atoms with Crippen molar-refractivity contribution in [3.8, 4) is 0 Å². The average molecular weight is 293 g/mol. The summed E-state index contributed by atoms with van der Waals surface area (Å²) in [6, 6.07) is 0.285. The molecule has 2 heterocycles. The third-order valence-electron chi connectivity index (χ3n) is 3.81. The quantitative estimate of drug-likeness (QED) is 0.641. The number of hydrogen-bond acceptors (Lipinski definition) is 6. The highest BCUT2D eigenvalue weighted by molar-refractivity contribution is 5.59. The van der Waals surface area contributed by atoms with Gasteiger partial charge in [-0.25, -0.2) is 15.8 Å². The molecule has 21 heavy (non-hydrogen) atoms. The maximum Gasteiger partial charge on any atom is 0.148 e. The maximum atomic E-state index is 5.71. The van der Waals surface area contributed by atoms with Crippen molar-refractivity contribution < 1.29 is 4.74 Å². The summed E-state index contributed by atoms with van der Waals surface area (Å²) in [6.07, 6.45) is 0.197. The van der Waals surface area contributed by atoms with Crippen LogP contribution >= 0.6 is 0 Å². The lowest BCUT2D eigenvalue weighted by molar-refractivity contribution is 0.0339. The zero-order valence-corrected chi connectivity index (χ0v) is 13.9. The fraction of sp³-hybridized carbons (Fsp3) is 0.733. The normalized spacial score (nSPS) is 23.3. The number of rotatable bonds is 2. The zero-order chi connectivity index (χ0) is 15.8. The van der Waals surface area contributed by atoms with Crippen LogP contribution in [0, 0.1) is 6.92 Å². The number of anilines is 2. The molecule has 0 saturated carbocycles. The number of nitrogens with zero attached hydrogens (tertiary/aromatic N) is 3. The number of nitrogen functional groups attached to an aromatic ring is 1. The molecule has 1 aliphatic rings. The van der Waals surface area contributed by atoms with Gasteiger partial charge in [-0.3, -0.25) is 0 Å². The van der Waals surface area contributed by atoms with Crippen molar-refractivity contribution in [2.45, 2.75) is 59.1 Å². The van der Waals surface area contributed by atoms with Crippen molar-refractivity contribution in [2.75, 3.05) is 23.5 Å². The summed E-state index contributed by atoms with van der Waals surface area (Å²) < 4.78 is 5.71. The number of hydrazine groups is 1. The van der Waals surface area contributed by atoms with Crippen LogP contribution in [0.25, 0.3) is 0 Å². The second-order valence-corrected chi connectivity index (χ2v) is 6.88. The molecule has 1 aliphatic heterocycles. The first kappa shape index (κ1) is 16.0. The number of ether oxygens (including phenoxy) is 1. The predicted octanol–water partition coefficient (Wildman–Crippen LogP) is 1.98. The molecule has 3 N–H and O–H groups in total. The molecule has 0 spiro atoms. The van der Waals surface area contributed by atoms with Crippen molar-refractivity contribution in [3.63, 3.8) is 0 Å². The van der Waals surface area contributed by atoms with E-state index < -0.39 is 0 Å². The zero-order valence-electron chi connectivity index (χ0n) is 13.9. The Hall–Kier alpha value is -1.40. The van der Waals surface area contributed by atoms with Gasteiger partial charge in [0.25, 0.3) is 0 Å². The number of aromatic nitrogens is 2. The van der Waals surface area contributed by atoms with E-state index in [4.69, 9.17) is 15.6 Å². The van der Waals surface area contributed by atoms with Crippen LogP contribution in [0.1, 0.15) is 46.0 Å². The summed E-state index contributed by atoms with van der Waals surface area (Å²) in [5, 5.41) is 0. The van der Waals surface area contributed by atoms with E-state index in [2.05, 4.69) is 49.9 Å². The van der Waals surface area contributed by atoms with E-state index in [-0.39, 0.29) is 17.6 Å². The van der Waals surface area contributed by atoms with E-state index in [0.29, 0.717) is 12.4 Å². The van der Waals surface area contributed by atoms with Crippen LogP contribution in [0.3, 0.4) is 0 Å². The van der Waals surface area contributed by atoms with Crippen LogP contribution in [0.2, 0.25) is 0 Å². The average Bonchev–Trinajstić information content (AvgIpc) is 2.40. The topological polar surface area (TPSA) is 76.3 Å². The standard InChI is InChI=1S/C15H27N5O/c1-9-8-21-10(2)7-20(9)13-11(3)12(19-16)17-14(18-13)15(4,5)6/h9-10H,7-8,16H2,1-6H3,(H,17,18,19). The fourth-order valence-corrected chi connectivity index (χ4v) is 2.46. The summed E-state index contributed by atoms with van der Waals surface area (Å²) in [5.74, 6) is 8.07. The summed E-state index contributed by atoms with van der Waals surface area (Å²) in [5.41, 5.74) is 3.55. The van der Waals surface area contributed by atoms with Crippen LogP contribution in [-0.2, 0) is 10.2 Å². The minimum atomic E-state index is -0.130. The Morgan fingerprint density at radius 3 is 2.52 bits per heavy atom. The van der Waals surface area contributed by atoms with E-state index in [1.165, 1.54) is 0 Å². The minimum Gasteiger partial charge on any atom is -0.375 e. The van der Waals surface area contributed by atoms with E-state index in [1.807, 2.05) is 6.92 Å². The van der Waals surface area contributed by atoms with Gasteiger partial charge in [0.1, 0.15) is 17.5 Å². The summed E-state index contributed by atoms with van der Waals surface area (Å²) in [7, 11) is 0. The molecule has 2 unspecified atom stereocenters. The maximum absolute atomic E-state index is 5.71. The van der Waals surface area contributed by atoms with Crippen LogP contribution in [0.4, 0.5) is 11.6 Å². The van der Waals surface area contributed by atoms with Crippen LogP contribution in [0.15, 0.2) is 0 Å². The molecule has 2 atom stereocenters. The SMILES string of the molecule is Cc1c(NN)nc(C(C)(C)C)nc1N1CC(C)OCC1C. The molecule has 1 saturated heterocycles. The molecule has 0 bridgehead atoms. The molecule has 6 heteroatoms. The molecule has 0 aromatic carbocycles. The number of nitrogens with one attached hydrogen (secondary N) is 1. The van der Waals surface area contributed by atoms with Crippen LogP contribution in [0.5, 0.6) is 0 Å². The Kier molecular flexibility index (Phi) is 4.39. The van der Waals surface area contributed by atoms with Gasteiger partial charge in [0.15, 0.2) is 0 Å². The smallest absolute Gasteiger partial charge is 0.148 e. The van der Waals surface area contributed by atoms with E-state index in [0.717, 1.165) is 23.8 Å². The highest BCUT2D eigenvalue weighted by Gasteiger charge is 2.29. The predicted molar refractivity (Wildman–Crippen MR) is 85.5 cm³/mol. The first-order chi connectivity index (χ1) is 9.74. The van der Waals surface area contributed by atoms with Crippen LogP contribution < -0.4 is 16.2 Å².